The van der Waals surface area contributed by atoms with Crippen molar-refractivity contribution in [3.8, 4) is 28.5 Å². The van der Waals surface area contributed by atoms with Crippen LogP contribution < -0.4 is 10.5 Å². The van der Waals surface area contributed by atoms with Gasteiger partial charge in [-0.15, -0.1) is 0 Å². The number of phenols is 1. The molecule has 1 aromatic carbocycles. The number of primary amides is 1. The zero-order valence-electron chi connectivity index (χ0n) is 12.9. The van der Waals surface area contributed by atoms with Gasteiger partial charge in [-0.2, -0.15) is 0 Å². The number of hydrogen-bond donors (Lipinski definition) is 3. The van der Waals surface area contributed by atoms with Gasteiger partial charge in [0.1, 0.15) is 5.75 Å². The van der Waals surface area contributed by atoms with E-state index in [1.807, 2.05) is 0 Å². The standard InChI is InChI=1S/C16H18N2O4/c1-7-8(2)15(20)9(3)18-14(7)10-6-13(22-4)12(19)5-11(10)16(17)21/h5-6,19-20H,1-4H3,(H2,17,21). The highest BCUT2D eigenvalue weighted by Gasteiger charge is 2.20. The fraction of sp³-hybridized carbons (Fsp3) is 0.250. The first-order valence-electron chi connectivity index (χ1n) is 6.65. The molecule has 0 bridgehead atoms. The molecule has 116 valence electrons. The molecule has 0 spiro atoms. The number of carbonyl (C=O) groups excluding carboxylic acids is 1. The lowest BCUT2D eigenvalue weighted by molar-refractivity contribution is 0.100. The Bertz CT molecular complexity index is 769. The monoisotopic (exact) mass is 302 g/mol. The lowest BCUT2D eigenvalue weighted by Crippen LogP contribution is -2.13. The van der Waals surface area contributed by atoms with Crippen molar-refractivity contribution in [3.05, 3.63) is 34.5 Å². The van der Waals surface area contributed by atoms with Crippen LogP contribution in [0.3, 0.4) is 0 Å². The van der Waals surface area contributed by atoms with E-state index in [2.05, 4.69) is 4.98 Å². The fourth-order valence-electron chi connectivity index (χ4n) is 2.32. The Labute approximate surface area is 128 Å². The first kappa shape index (κ1) is 15.6. The van der Waals surface area contributed by atoms with Gasteiger partial charge in [0.15, 0.2) is 11.5 Å². The lowest BCUT2D eigenvalue weighted by Gasteiger charge is -2.15. The molecule has 2 aromatic rings. The summed E-state index contributed by atoms with van der Waals surface area (Å²) in [6.07, 6.45) is 0. The number of aromatic nitrogens is 1. The zero-order valence-corrected chi connectivity index (χ0v) is 12.9. The topological polar surface area (TPSA) is 106 Å². The number of ether oxygens (including phenoxy) is 1. The summed E-state index contributed by atoms with van der Waals surface area (Å²) in [4.78, 5) is 16.0. The Morgan fingerprint density at radius 2 is 1.82 bits per heavy atom. The van der Waals surface area contributed by atoms with Gasteiger partial charge in [0.25, 0.3) is 0 Å². The van der Waals surface area contributed by atoms with E-state index in [1.165, 1.54) is 19.2 Å². The third kappa shape index (κ3) is 2.43. The molecule has 4 N–H and O–H groups in total. The smallest absolute Gasteiger partial charge is 0.249 e. The average molecular weight is 302 g/mol. The number of nitrogens with two attached hydrogens (primary N) is 1. The second kappa shape index (κ2) is 5.55. The highest BCUT2D eigenvalue weighted by molar-refractivity contribution is 6.00. The summed E-state index contributed by atoms with van der Waals surface area (Å²) in [5, 5.41) is 19.8. The number of phenolic OH excluding ortho intramolecular Hbond substituents is 1. The predicted octanol–water partition coefficient (Wildman–Crippen LogP) is 2.19. The van der Waals surface area contributed by atoms with Crippen molar-refractivity contribution in [2.75, 3.05) is 7.11 Å². The molecule has 2 rings (SSSR count). The Hall–Kier alpha value is -2.76. The van der Waals surface area contributed by atoms with Crippen molar-refractivity contribution in [2.45, 2.75) is 20.8 Å². The Morgan fingerprint density at radius 1 is 1.18 bits per heavy atom. The highest BCUT2D eigenvalue weighted by atomic mass is 16.5. The van der Waals surface area contributed by atoms with E-state index in [-0.39, 0.29) is 22.8 Å². The van der Waals surface area contributed by atoms with Crippen LogP contribution in [-0.2, 0) is 0 Å². The van der Waals surface area contributed by atoms with E-state index in [0.29, 0.717) is 22.5 Å². The lowest BCUT2D eigenvalue weighted by atomic mass is 9.96. The van der Waals surface area contributed by atoms with Crippen LogP contribution in [0.25, 0.3) is 11.3 Å². The molecule has 0 atom stereocenters. The summed E-state index contributed by atoms with van der Waals surface area (Å²) in [7, 11) is 1.41. The van der Waals surface area contributed by atoms with E-state index in [4.69, 9.17) is 10.5 Å². The number of pyridine rings is 1. The Balaban J connectivity index is 2.85. The molecule has 0 aliphatic rings. The highest BCUT2D eigenvalue weighted by Crippen LogP contribution is 2.37. The summed E-state index contributed by atoms with van der Waals surface area (Å²) >= 11 is 0. The molecular formula is C16H18N2O4. The molecular weight excluding hydrogens is 284 g/mol. The number of amides is 1. The SMILES string of the molecule is COc1cc(-c2nc(C)c(O)c(C)c2C)c(C(N)=O)cc1O. The number of rotatable bonds is 3. The van der Waals surface area contributed by atoms with Crippen LogP contribution in [0.5, 0.6) is 17.2 Å². The van der Waals surface area contributed by atoms with Crippen LogP contribution in [-0.4, -0.2) is 28.2 Å². The summed E-state index contributed by atoms with van der Waals surface area (Å²) in [5.74, 6) is -0.528. The van der Waals surface area contributed by atoms with E-state index in [1.54, 1.807) is 20.8 Å². The number of methoxy groups -OCH3 is 1. The Morgan fingerprint density at radius 3 is 2.36 bits per heavy atom. The fourth-order valence-corrected chi connectivity index (χ4v) is 2.32. The van der Waals surface area contributed by atoms with Gasteiger partial charge >= 0.3 is 0 Å². The quantitative estimate of drug-likeness (QED) is 0.806. The van der Waals surface area contributed by atoms with E-state index in [9.17, 15) is 15.0 Å². The minimum absolute atomic E-state index is 0.118. The minimum Gasteiger partial charge on any atom is -0.506 e. The van der Waals surface area contributed by atoms with Gasteiger partial charge in [-0.25, -0.2) is 4.98 Å². The summed E-state index contributed by atoms with van der Waals surface area (Å²) in [6, 6.07) is 2.77. The van der Waals surface area contributed by atoms with Crippen molar-refractivity contribution >= 4 is 5.91 Å². The molecule has 0 radical (unpaired) electrons. The number of carbonyl (C=O) groups is 1. The maximum absolute atomic E-state index is 11.7. The molecule has 0 aliphatic carbocycles. The largest absolute Gasteiger partial charge is 0.506 e. The van der Waals surface area contributed by atoms with Crippen LogP contribution in [0.1, 0.15) is 27.2 Å². The van der Waals surface area contributed by atoms with Crippen molar-refractivity contribution in [2.24, 2.45) is 5.73 Å². The van der Waals surface area contributed by atoms with Crippen molar-refractivity contribution < 1.29 is 19.7 Å². The van der Waals surface area contributed by atoms with Gasteiger partial charge < -0.3 is 20.7 Å². The van der Waals surface area contributed by atoms with Gasteiger partial charge in [-0.05, 0) is 44.0 Å². The number of aryl methyl sites for hydroxylation is 1. The van der Waals surface area contributed by atoms with Crippen LogP contribution in [0.4, 0.5) is 0 Å². The molecule has 1 aromatic heterocycles. The summed E-state index contributed by atoms with van der Waals surface area (Å²) < 4.78 is 5.09. The van der Waals surface area contributed by atoms with E-state index in [0.717, 1.165) is 5.56 Å². The second-order valence-electron chi connectivity index (χ2n) is 5.08. The van der Waals surface area contributed by atoms with Gasteiger partial charge in [-0.3, -0.25) is 4.79 Å². The van der Waals surface area contributed by atoms with Gasteiger partial charge in [0.2, 0.25) is 5.91 Å². The molecule has 1 amide bonds. The third-order valence-electron chi connectivity index (χ3n) is 3.73. The number of nitrogens with zero attached hydrogens (tertiary/aromatic N) is 1. The average Bonchev–Trinajstić information content (AvgIpc) is 2.48. The van der Waals surface area contributed by atoms with E-state index < -0.39 is 5.91 Å². The first-order valence-corrected chi connectivity index (χ1v) is 6.65. The maximum atomic E-state index is 11.7. The second-order valence-corrected chi connectivity index (χ2v) is 5.08. The maximum Gasteiger partial charge on any atom is 0.249 e. The van der Waals surface area contributed by atoms with Crippen LogP contribution >= 0.6 is 0 Å². The molecule has 22 heavy (non-hydrogen) atoms. The molecule has 6 heteroatoms. The van der Waals surface area contributed by atoms with Crippen LogP contribution in [0.15, 0.2) is 12.1 Å². The van der Waals surface area contributed by atoms with Gasteiger partial charge in [0, 0.05) is 5.56 Å². The molecule has 0 fully saturated rings. The number of hydrogen-bond acceptors (Lipinski definition) is 5. The van der Waals surface area contributed by atoms with Crippen molar-refractivity contribution in [1.82, 2.24) is 4.98 Å². The summed E-state index contributed by atoms with van der Waals surface area (Å²) in [6.45, 7) is 5.23. The molecule has 1 heterocycles. The third-order valence-corrected chi connectivity index (χ3v) is 3.73. The molecule has 0 saturated heterocycles. The molecule has 6 nitrogen and oxygen atoms in total. The number of benzene rings is 1. The zero-order chi connectivity index (χ0) is 16.6. The molecule has 0 saturated carbocycles. The van der Waals surface area contributed by atoms with Crippen molar-refractivity contribution in [3.63, 3.8) is 0 Å². The van der Waals surface area contributed by atoms with Crippen LogP contribution in [0.2, 0.25) is 0 Å². The summed E-state index contributed by atoms with van der Waals surface area (Å²) in [5.41, 5.74) is 8.34. The Kier molecular flexibility index (Phi) is 3.95. The first-order chi connectivity index (χ1) is 10.3. The van der Waals surface area contributed by atoms with Gasteiger partial charge in [0.05, 0.1) is 24.1 Å². The molecule has 0 aliphatic heterocycles. The number of aromatic hydroxyl groups is 2. The van der Waals surface area contributed by atoms with Crippen LogP contribution in [0, 0.1) is 20.8 Å². The molecule has 0 unspecified atom stereocenters. The van der Waals surface area contributed by atoms with E-state index >= 15 is 0 Å². The van der Waals surface area contributed by atoms with Gasteiger partial charge in [-0.1, -0.05) is 0 Å². The normalized spacial score (nSPS) is 10.5. The van der Waals surface area contributed by atoms with Crippen molar-refractivity contribution in [1.29, 1.82) is 0 Å². The predicted molar refractivity (Wildman–Crippen MR) is 82.3 cm³/mol. The minimum atomic E-state index is -0.683.